The van der Waals surface area contributed by atoms with Crippen LogP contribution in [0.25, 0.3) is 0 Å². The van der Waals surface area contributed by atoms with Gasteiger partial charge in [0.2, 0.25) is 0 Å². The van der Waals surface area contributed by atoms with Crippen LogP contribution in [0.5, 0.6) is 0 Å². The van der Waals surface area contributed by atoms with Crippen molar-refractivity contribution in [2.45, 2.75) is 119 Å². The van der Waals surface area contributed by atoms with Crippen LogP contribution in [0, 0.1) is 56.7 Å². The second-order valence-electron chi connectivity index (χ2n) is 15.1. The second-order valence-corrected chi connectivity index (χ2v) is 15.1. The first-order chi connectivity index (χ1) is 16.6. The topological polar surface area (TPSA) is 63.6 Å². The van der Waals surface area contributed by atoms with Crippen LogP contribution in [0.1, 0.15) is 113 Å². The quantitative estimate of drug-likeness (QED) is 0.320. The van der Waals surface area contributed by atoms with Crippen LogP contribution in [0.15, 0.2) is 12.2 Å². The van der Waals surface area contributed by atoms with Crippen LogP contribution in [-0.4, -0.2) is 23.1 Å². The smallest absolute Gasteiger partial charge is 0.313 e. The summed E-state index contributed by atoms with van der Waals surface area (Å²) in [5, 5.41) is 10.5. The standard InChI is InChI=1S/C32H50O4/c1-19(2)21-11-14-28(4)17-18-30(6)22(26(21)28)9-10-23-29(5)15-13-25(36-20(3)33)32(8,27(34)35)24(29)12-16-31(23,30)7/h21-26H,1,9-18H2,2-8H3,(H,34,35)/t21-,22+,23+,24-,25+,26+,28+,29+,30+,31+,32+/m0/s1. The summed E-state index contributed by atoms with van der Waals surface area (Å²) in [7, 11) is 0. The maximum absolute atomic E-state index is 12.9. The molecular formula is C32H50O4. The van der Waals surface area contributed by atoms with Crippen LogP contribution < -0.4 is 0 Å². The maximum atomic E-state index is 12.9. The zero-order valence-electron chi connectivity index (χ0n) is 23.9. The molecule has 5 aliphatic rings. The molecule has 0 aromatic rings. The summed E-state index contributed by atoms with van der Waals surface area (Å²) >= 11 is 0. The minimum absolute atomic E-state index is 0.0299. The van der Waals surface area contributed by atoms with E-state index in [1.807, 2.05) is 6.92 Å². The molecule has 5 aliphatic carbocycles. The van der Waals surface area contributed by atoms with Gasteiger partial charge in [0.25, 0.3) is 0 Å². The highest BCUT2D eigenvalue weighted by Gasteiger charge is 2.72. The Hall–Kier alpha value is -1.32. The molecule has 11 atom stereocenters. The van der Waals surface area contributed by atoms with Gasteiger partial charge in [-0.1, -0.05) is 39.8 Å². The largest absolute Gasteiger partial charge is 0.481 e. The Bertz CT molecular complexity index is 971. The van der Waals surface area contributed by atoms with Crippen LogP contribution in [0.3, 0.4) is 0 Å². The first kappa shape index (κ1) is 26.3. The number of hydrogen-bond donors (Lipinski definition) is 1. The number of carboxylic acids is 1. The number of carbonyl (C=O) groups excluding carboxylic acids is 1. The van der Waals surface area contributed by atoms with E-state index in [0.29, 0.717) is 23.7 Å². The summed E-state index contributed by atoms with van der Waals surface area (Å²) in [6.07, 6.45) is 10.8. The molecule has 0 unspecified atom stereocenters. The van der Waals surface area contributed by atoms with Crippen molar-refractivity contribution in [2.75, 3.05) is 0 Å². The van der Waals surface area contributed by atoms with Crippen molar-refractivity contribution in [3.05, 3.63) is 12.2 Å². The van der Waals surface area contributed by atoms with Gasteiger partial charge in [0.05, 0.1) is 0 Å². The van der Waals surface area contributed by atoms with E-state index in [1.54, 1.807) is 0 Å². The van der Waals surface area contributed by atoms with Gasteiger partial charge in [0, 0.05) is 6.92 Å². The monoisotopic (exact) mass is 498 g/mol. The molecule has 4 nitrogen and oxygen atoms in total. The molecule has 1 N–H and O–H groups in total. The molecule has 0 aromatic heterocycles. The van der Waals surface area contributed by atoms with Crippen molar-refractivity contribution in [3.63, 3.8) is 0 Å². The average molecular weight is 499 g/mol. The van der Waals surface area contributed by atoms with Gasteiger partial charge >= 0.3 is 11.9 Å². The van der Waals surface area contributed by atoms with Gasteiger partial charge < -0.3 is 9.84 Å². The molecule has 202 valence electrons. The average Bonchev–Trinajstić information content (AvgIpc) is 3.14. The molecule has 0 amide bonds. The third-order valence-corrected chi connectivity index (χ3v) is 13.9. The van der Waals surface area contributed by atoms with E-state index in [4.69, 9.17) is 4.74 Å². The molecule has 5 saturated carbocycles. The summed E-state index contributed by atoms with van der Waals surface area (Å²) in [6.45, 7) is 20.2. The fourth-order valence-electron chi connectivity index (χ4n) is 11.8. The number of rotatable bonds is 3. The van der Waals surface area contributed by atoms with Crippen molar-refractivity contribution in [1.29, 1.82) is 0 Å². The van der Waals surface area contributed by atoms with Gasteiger partial charge in [-0.05, 0) is 129 Å². The predicted octanol–water partition coefficient (Wildman–Crippen LogP) is 7.66. The molecule has 36 heavy (non-hydrogen) atoms. The van der Waals surface area contributed by atoms with Crippen LogP contribution in [0.4, 0.5) is 0 Å². The Morgan fingerprint density at radius 1 is 0.806 bits per heavy atom. The molecule has 5 rings (SSSR count). The van der Waals surface area contributed by atoms with E-state index < -0.39 is 17.5 Å². The molecule has 0 aromatic carbocycles. The van der Waals surface area contributed by atoms with Gasteiger partial charge in [-0.3, -0.25) is 9.59 Å². The normalized spacial score (nSPS) is 53.9. The second kappa shape index (κ2) is 8.09. The van der Waals surface area contributed by atoms with E-state index >= 15 is 0 Å². The Morgan fingerprint density at radius 3 is 2.11 bits per heavy atom. The van der Waals surface area contributed by atoms with Crippen LogP contribution >= 0.6 is 0 Å². The molecule has 0 heterocycles. The highest BCUT2D eigenvalue weighted by Crippen LogP contribution is 2.77. The summed E-state index contributed by atoms with van der Waals surface area (Å²) in [5.74, 6) is 1.50. The summed E-state index contributed by atoms with van der Waals surface area (Å²) in [6, 6.07) is 0. The van der Waals surface area contributed by atoms with Gasteiger partial charge in [-0.2, -0.15) is 0 Å². The zero-order chi connectivity index (χ0) is 26.5. The van der Waals surface area contributed by atoms with Crippen molar-refractivity contribution < 1.29 is 19.4 Å². The summed E-state index contributed by atoms with van der Waals surface area (Å²) in [4.78, 5) is 24.8. The van der Waals surface area contributed by atoms with E-state index in [-0.39, 0.29) is 28.1 Å². The van der Waals surface area contributed by atoms with Crippen LogP contribution in [0.2, 0.25) is 0 Å². The van der Waals surface area contributed by atoms with E-state index in [9.17, 15) is 14.7 Å². The Balaban J connectivity index is 1.53. The van der Waals surface area contributed by atoms with Crippen molar-refractivity contribution in [2.24, 2.45) is 56.7 Å². The lowest BCUT2D eigenvalue weighted by atomic mass is 9.32. The Morgan fingerprint density at radius 2 is 1.50 bits per heavy atom. The number of allylic oxidation sites excluding steroid dienone is 1. The van der Waals surface area contributed by atoms with Gasteiger partial charge in [-0.15, -0.1) is 0 Å². The van der Waals surface area contributed by atoms with E-state index in [0.717, 1.165) is 31.1 Å². The first-order valence-electron chi connectivity index (χ1n) is 14.7. The number of fused-ring (bicyclic) bond motifs is 7. The molecule has 5 fully saturated rings. The minimum atomic E-state index is -1.03. The van der Waals surface area contributed by atoms with Crippen molar-refractivity contribution in [3.8, 4) is 0 Å². The molecule has 0 spiro atoms. The SMILES string of the molecule is C=C(C)[C@@H]1CC[C@]2(C)CC[C@]3(C)[C@H](CC[C@@H]4[C@@]5(C)CC[C@@H](OC(C)=O)[C@](C)(C(=O)O)[C@H]5CC[C@]43C)[C@@H]12. The molecular weight excluding hydrogens is 448 g/mol. The number of aliphatic carboxylic acids is 1. The molecule has 0 radical (unpaired) electrons. The van der Waals surface area contributed by atoms with E-state index in [1.165, 1.54) is 51.0 Å². The highest BCUT2D eigenvalue weighted by molar-refractivity contribution is 5.77. The minimum Gasteiger partial charge on any atom is -0.481 e. The van der Waals surface area contributed by atoms with E-state index in [2.05, 4.69) is 41.2 Å². The highest BCUT2D eigenvalue weighted by atomic mass is 16.5. The van der Waals surface area contributed by atoms with Crippen LogP contribution in [-0.2, 0) is 14.3 Å². The fraction of sp³-hybridized carbons (Fsp3) is 0.875. The predicted molar refractivity (Wildman–Crippen MR) is 142 cm³/mol. The van der Waals surface area contributed by atoms with Crippen molar-refractivity contribution >= 4 is 11.9 Å². The summed E-state index contributed by atoms with van der Waals surface area (Å²) < 4.78 is 5.69. The lowest BCUT2D eigenvalue weighted by Gasteiger charge is -2.72. The number of hydrogen-bond acceptors (Lipinski definition) is 3. The Labute approximate surface area is 219 Å². The van der Waals surface area contributed by atoms with Gasteiger partial charge in [-0.25, -0.2) is 0 Å². The summed E-state index contributed by atoms with van der Waals surface area (Å²) in [5.41, 5.74) is 1.24. The third kappa shape index (κ3) is 3.17. The fourth-order valence-corrected chi connectivity index (χ4v) is 11.8. The number of carboxylic acid groups (broad SMARTS) is 1. The zero-order valence-corrected chi connectivity index (χ0v) is 23.9. The number of carbonyl (C=O) groups is 2. The molecule has 0 aliphatic heterocycles. The molecule has 4 heteroatoms. The Kier molecular flexibility index (Phi) is 5.91. The first-order valence-corrected chi connectivity index (χ1v) is 14.7. The molecule has 0 saturated heterocycles. The third-order valence-electron chi connectivity index (χ3n) is 13.9. The molecule has 0 bridgehead atoms. The van der Waals surface area contributed by atoms with Gasteiger partial charge in [0.1, 0.15) is 11.5 Å². The van der Waals surface area contributed by atoms with Crippen molar-refractivity contribution in [1.82, 2.24) is 0 Å². The van der Waals surface area contributed by atoms with Gasteiger partial charge in [0.15, 0.2) is 0 Å². The maximum Gasteiger partial charge on any atom is 0.313 e. The number of esters is 1. The lowest BCUT2D eigenvalue weighted by molar-refractivity contribution is -0.252. The number of ether oxygens (including phenoxy) is 1. The lowest BCUT2D eigenvalue weighted by Crippen LogP contribution is -2.68.